The van der Waals surface area contributed by atoms with Gasteiger partial charge in [-0.25, -0.2) is 0 Å². The quantitative estimate of drug-likeness (QED) is 0.684. The van der Waals surface area contributed by atoms with Gasteiger partial charge < -0.3 is 5.32 Å². The summed E-state index contributed by atoms with van der Waals surface area (Å²) in [6, 6.07) is 0.189. The van der Waals surface area contributed by atoms with Gasteiger partial charge in [0.25, 0.3) is 0 Å². The van der Waals surface area contributed by atoms with Crippen LogP contribution >= 0.6 is 0 Å². The second-order valence-electron chi connectivity index (χ2n) is 6.55. The number of rotatable bonds is 8. The lowest BCUT2D eigenvalue weighted by molar-refractivity contribution is -0.147. The highest BCUT2D eigenvalue weighted by atomic mass is 19.4. The first-order chi connectivity index (χ1) is 8.67. The fraction of sp³-hybridized carbons (Fsp3) is 1.00. The molecule has 2 nitrogen and oxygen atoms in total. The van der Waals surface area contributed by atoms with Crippen LogP contribution in [0, 0.1) is 0 Å². The van der Waals surface area contributed by atoms with E-state index in [1.165, 1.54) is 0 Å². The number of nitrogens with zero attached hydrogens (tertiary/aromatic N) is 1. The Morgan fingerprint density at radius 2 is 1.68 bits per heavy atom. The molecule has 1 aliphatic carbocycles. The van der Waals surface area contributed by atoms with Crippen LogP contribution in [0.25, 0.3) is 0 Å². The van der Waals surface area contributed by atoms with Gasteiger partial charge in [0.05, 0.1) is 6.54 Å². The Labute approximate surface area is 114 Å². The summed E-state index contributed by atoms with van der Waals surface area (Å²) in [5.74, 6) is 0. The van der Waals surface area contributed by atoms with Crippen molar-refractivity contribution in [3.8, 4) is 0 Å². The lowest BCUT2D eigenvalue weighted by atomic mass is 10.1. The molecule has 5 heteroatoms. The van der Waals surface area contributed by atoms with E-state index in [1.807, 2.05) is 0 Å². The number of nitrogens with one attached hydrogen (secondary N) is 1. The number of hydrogen-bond acceptors (Lipinski definition) is 2. The van der Waals surface area contributed by atoms with Crippen molar-refractivity contribution in [2.75, 3.05) is 19.6 Å². The zero-order chi connectivity index (χ0) is 14.5. The molecule has 19 heavy (non-hydrogen) atoms. The largest absolute Gasteiger partial charge is 0.401 e. The molecule has 0 unspecified atom stereocenters. The molecule has 0 spiro atoms. The molecule has 1 saturated carbocycles. The van der Waals surface area contributed by atoms with Crippen LogP contribution in [-0.2, 0) is 0 Å². The maximum Gasteiger partial charge on any atom is 0.401 e. The third-order valence-corrected chi connectivity index (χ3v) is 3.22. The molecule has 0 bridgehead atoms. The van der Waals surface area contributed by atoms with Gasteiger partial charge in [-0.05, 0) is 59.5 Å². The van der Waals surface area contributed by atoms with Gasteiger partial charge >= 0.3 is 6.18 Å². The van der Waals surface area contributed by atoms with Gasteiger partial charge in [-0.2, -0.15) is 13.2 Å². The number of hydrogen-bond donors (Lipinski definition) is 1. The zero-order valence-corrected chi connectivity index (χ0v) is 12.3. The van der Waals surface area contributed by atoms with E-state index in [0.29, 0.717) is 6.54 Å². The summed E-state index contributed by atoms with van der Waals surface area (Å²) < 4.78 is 37.2. The molecule has 0 aliphatic heterocycles. The van der Waals surface area contributed by atoms with Crippen LogP contribution in [0.15, 0.2) is 0 Å². The van der Waals surface area contributed by atoms with Crippen LogP contribution in [0.4, 0.5) is 13.2 Å². The van der Waals surface area contributed by atoms with E-state index in [1.54, 1.807) is 4.90 Å². The molecular formula is C14H27F3N2. The third-order valence-electron chi connectivity index (χ3n) is 3.22. The van der Waals surface area contributed by atoms with Gasteiger partial charge in [-0.1, -0.05) is 6.42 Å². The highest BCUT2D eigenvalue weighted by Gasteiger charge is 2.37. The van der Waals surface area contributed by atoms with Crippen LogP contribution in [0.2, 0.25) is 0 Å². The summed E-state index contributed by atoms with van der Waals surface area (Å²) in [4.78, 5) is 1.61. The monoisotopic (exact) mass is 280 g/mol. The minimum Gasteiger partial charge on any atom is -0.312 e. The topological polar surface area (TPSA) is 15.3 Å². The predicted molar refractivity (Wildman–Crippen MR) is 72.3 cm³/mol. The standard InChI is InChI=1S/C14H27F3N2/c1-13(2,3)18-9-5-4-6-10-19(12-7-8-12)11-14(15,16)17/h12,18H,4-11H2,1-3H3. The van der Waals surface area contributed by atoms with E-state index in [9.17, 15) is 13.2 Å². The molecule has 114 valence electrons. The summed E-state index contributed by atoms with van der Waals surface area (Å²) >= 11 is 0. The molecule has 1 N–H and O–H groups in total. The van der Waals surface area contributed by atoms with Crippen molar-refractivity contribution in [2.24, 2.45) is 0 Å². The van der Waals surface area contributed by atoms with E-state index in [0.717, 1.165) is 38.6 Å². The Balaban J connectivity index is 2.09. The summed E-state index contributed by atoms with van der Waals surface area (Å²) in [7, 11) is 0. The molecule has 1 fully saturated rings. The molecule has 0 amide bonds. The summed E-state index contributed by atoms with van der Waals surface area (Å²) in [5.41, 5.74) is 0.121. The van der Waals surface area contributed by atoms with Gasteiger partial charge in [0, 0.05) is 11.6 Å². The Morgan fingerprint density at radius 3 is 2.16 bits per heavy atom. The summed E-state index contributed by atoms with van der Waals surface area (Å²) in [6.07, 6.45) is 0.685. The van der Waals surface area contributed by atoms with E-state index in [-0.39, 0.29) is 11.6 Å². The van der Waals surface area contributed by atoms with Crippen molar-refractivity contribution >= 4 is 0 Å². The Bertz CT molecular complexity index is 254. The molecule has 0 heterocycles. The van der Waals surface area contributed by atoms with Crippen LogP contribution in [0.1, 0.15) is 52.9 Å². The number of halogens is 3. The average molecular weight is 280 g/mol. The first-order valence-corrected chi connectivity index (χ1v) is 7.23. The van der Waals surface area contributed by atoms with Gasteiger partial charge in [-0.3, -0.25) is 4.90 Å². The van der Waals surface area contributed by atoms with Gasteiger partial charge in [0.1, 0.15) is 0 Å². The average Bonchev–Trinajstić information content (AvgIpc) is 3.01. The minimum absolute atomic E-state index is 0.121. The zero-order valence-electron chi connectivity index (χ0n) is 12.3. The van der Waals surface area contributed by atoms with Crippen molar-refractivity contribution in [2.45, 2.75) is 70.6 Å². The smallest absolute Gasteiger partial charge is 0.312 e. The highest BCUT2D eigenvalue weighted by molar-refractivity contribution is 4.85. The third kappa shape index (κ3) is 9.27. The maximum atomic E-state index is 12.4. The summed E-state index contributed by atoms with van der Waals surface area (Å²) in [6.45, 7) is 7.13. The van der Waals surface area contributed by atoms with Crippen molar-refractivity contribution in [1.82, 2.24) is 10.2 Å². The molecule has 0 atom stereocenters. The maximum absolute atomic E-state index is 12.4. The number of unbranched alkanes of at least 4 members (excludes halogenated alkanes) is 2. The molecule has 0 aromatic carbocycles. The van der Waals surface area contributed by atoms with E-state index >= 15 is 0 Å². The van der Waals surface area contributed by atoms with Crippen LogP contribution < -0.4 is 5.32 Å². The molecule has 0 aromatic heterocycles. The lowest BCUT2D eigenvalue weighted by Crippen LogP contribution is -2.37. The van der Waals surface area contributed by atoms with Crippen LogP contribution in [0.3, 0.4) is 0 Å². The lowest BCUT2D eigenvalue weighted by Gasteiger charge is -2.23. The fourth-order valence-electron chi connectivity index (χ4n) is 2.14. The Morgan fingerprint density at radius 1 is 1.05 bits per heavy atom. The summed E-state index contributed by atoms with van der Waals surface area (Å²) in [5, 5.41) is 3.39. The van der Waals surface area contributed by atoms with Crippen molar-refractivity contribution in [3.63, 3.8) is 0 Å². The molecule has 1 aliphatic rings. The van der Waals surface area contributed by atoms with E-state index in [4.69, 9.17) is 0 Å². The van der Waals surface area contributed by atoms with E-state index in [2.05, 4.69) is 26.1 Å². The van der Waals surface area contributed by atoms with Crippen molar-refractivity contribution in [1.29, 1.82) is 0 Å². The number of alkyl halides is 3. The van der Waals surface area contributed by atoms with E-state index < -0.39 is 12.7 Å². The molecule has 1 rings (SSSR count). The molecular weight excluding hydrogens is 253 g/mol. The predicted octanol–water partition coefficient (Wildman–Crippen LogP) is 3.57. The normalized spacial score (nSPS) is 17.2. The SMILES string of the molecule is CC(C)(C)NCCCCCN(CC(F)(F)F)C1CC1. The molecule has 0 aromatic rings. The first kappa shape index (κ1) is 16.8. The van der Waals surface area contributed by atoms with Gasteiger partial charge in [0.15, 0.2) is 0 Å². The second kappa shape index (κ2) is 6.93. The molecule has 0 saturated heterocycles. The van der Waals surface area contributed by atoms with Gasteiger partial charge in [0.2, 0.25) is 0 Å². The van der Waals surface area contributed by atoms with Gasteiger partial charge in [-0.15, -0.1) is 0 Å². The van der Waals surface area contributed by atoms with Crippen LogP contribution in [0.5, 0.6) is 0 Å². The molecule has 0 radical (unpaired) electrons. The minimum atomic E-state index is -4.06. The Hall–Kier alpha value is -0.290. The first-order valence-electron chi connectivity index (χ1n) is 7.23. The Kier molecular flexibility index (Phi) is 6.12. The van der Waals surface area contributed by atoms with Crippen LogP contribution in [-0.4, -0.2) is 42.3 Å². The van der Waals surface area contributed by atoms with Crippen molar-refractivity contribution in [3.05, 3.63) is 0 Å². The highest BCUT2D eigenvalue weighted by Crippen LogP contribution is 2.30. The fourth-order valence-corrected chi connectivity index (χ4v) is 2.14. The van der Waals surface area contributed by atoms with Crippen molar-refractivity contribution < 1.29 is 13.2 Å². The second-order valence-corrected chi connectivity index (χ2v) is 6.55.